The maximum absolute atomic E-state index is 10.9. The summed E-state index contributed by atoms with van der Waals surface area (Å²) >= 11 is 0. The first-order chi connectivity index (χ1) is 8.74. The van der Waals surface area contributed by atoms with Gasteiger partial charge in [0.05, 0.1) is 28.7 Å². The van der Waals surface area contributed by atoms with Crippen LogP contribution in [0.15, 0.2) is 36.8 Å². The minimum absolute atomic E-state index is 0.187. The lowest BCUT2D eigenvalue weighted by Crippen LogP contribution is -1.97. The maximum Gasteiger partial charge on any atom is 0.335 e. The zero-order chi connectivity index (χ0) is 12.5. The van der Waals surface area contributed by atoms with Crippen LogP contribution in [0.1, 0.15) is 10.4 Å². The van der Waals surface area contributed by atoms with Crippen molar-refractivity contribution in [3.63, 3.8) is 0 Å². The molecule has 3 aromatic heterocycles. The fraction of sp³-hybridized carbons (Fsp3) is 0. The van der Waals surface area contributed by atoms with E-state index < -0.39 is 5.97 Å². The quantitative estimate of drug-likeness (QED) is 0.711. The summed E-state index contributed by atoms with van der Waals surface area (Å²) in [6.45, 7) is 0. The Morgan fingerprint density at radius 1 is 1.17 bits per heavy atom. The van der Waals surface area contributed by atoms with E-state index in [4.69, 9.17) is 5.11 Å². The van der Waals surface area contributed by atoms with Gasteiger partial charge < -0.3 is 5.11 Å². The van der Waals surface area contributed by atoms with Gasteiger partial charge in [0, 0.05) is 17.8 Å². The summed E-state index contributed by atoms with van der Waals surface area (Å²) in [5.74, 6) is -0.985. The zero-order valence-corrected chi connectivity index (χ0v) is 9.16. The molecule has 3 aromatic rings. The van der Waals surface area contributed by atoms with Gasteiger partial charge in [-0.3, -0.25) is 15.1 Å². The lowest BCUT2D eigenvalue weighted by molar-refractivity contribution is 0.0697. The molecule has 6 nitrogen and oxygen atoms in total. The number of carboxylic acids is 1. The van der Waals surface area contributed by atoms with Gasteiger partial charge in [-0.1, -0.05) is 0 Å². The Balaban J connectivity index is 2.13. The van der Waals surface area contributed by atoms with E-state index in [-0.39, 0.29) is 5.56 Å². The van der Waals surface area contributed by atoms with Gasteiger partial charge in [-0.05, 0) is 18.2 Å². The molecule has 18 heavy (non-hydrogen) atoms. The standard InChI is InChI=1S/C12H8N4O2/c17-12(18)7-1-2-13-10(3-7)11-4-9-8(5-14-11)6-15-16-9/h1-6H,(H,15,16)(H,17,18). The van der Waals surface area contributed by atoms with Gasteiger partial charge in [-0.2, -0.15) is 5.10 Å². The molecular weight excluding hydrogens is 232 g/mol. The Labute approximate surface area is 101 Å². The molecule has 2 N–H and O–H groups in total. The third-order valence-electron chi connectivity index (χ3n) is 2.59. The minimum Gasteiger partial charge on any atom is -0.478 e. The van der Waals surface area contributed by atoms with Crippen LogP contribution >= 0.6 is 0 Å². The van der Waals surface area contributed by atoms with E-state index in [1.165, 1.54) is 18.3 Å². The Kier molecular flexibility index (Phi) is 2.26. The van der Waals surface area contributed by atoms with Gasteiger partial charge in [0.1, 0.15) is 0 Å². The van der Waals surface area contributed by atoms with Crippen LogP contribution in [-0.4, -0.2) is 31.2 Å². The van der Waals surface area contributed by atoms with Crippen LogP contribution in [-0.2, 0) is 0 Å². The number of nitrogens with zero attached hydrogens (tertiary/aromatic N) is 3. The van der Waals surface area contributed by atoms with Gasteiger partial charge in [-0.15, -0.1) is 0 Å². The number of aromatic amines is 1. The van der Waals surface area contributed by atoms with Gasteiger partial charge in [-0.25, -0.2) is 4.79 Å². The van der Waals surface area contributed by atoms with Crippen LogP contribution in [0.4, 0.5) is 0 Å². The number of pyridine rings is 2. The summed E-state index contributed by atoms with van der Waals surface area (Å²) in [5.41, 5.74) is 2.15. The van der Waals surface area contributed by atoms with Gasteiger partial charge in [0.25, 0.3) is 0 Å². The highest BCUT2D eigenvalue weighted by molar-refractivity contribution is 5.89. The second-order valence-electron chi connectivity index (χ2n) is 3.76. The zero-order valence-electron chi connectivity index (χ0n) is 9.16. The monoisotopic (exact) mass is 240 g/mol. The Morgan fingerprint density at radius 2 is 2.00 bits per heavy atom. The highest BCUT2D eigenvalue weighted by Gasteiger charge is 2.08. The van der Waals surface area contributed by atoms with Crippen molar-refractivity contribution in [2.45, 2.75) is 0 Å². The predicted molar refractivity (Wildman–Crippen MR) is 64.1 cm³/mol. The number of rotatable bonds is 2. The van der Waals surface area contributed by atoms with Crippen molar-refractivity contribution < 1.29 is 9.90 Å². The third kappa shape index (κ3) is 1.69. The number of aromatic nitrogens is 4. The number of hydrogen-bond acceptors (Lipinski definition) is 4. The molecule has 0 aromatic carbocycles. The normalized spacial score (nSPS) is 10.7. The fourth-order valence-corrected chi connectivity index (χ4v) is 1.68. The number of fused-ring (bicyclic) bond motifs is 1. The van der Waals surface area contributed by atoms with Crippen LogP contribution < -0.4 is 0 Å². The number of carboxylic acid groups (broad SMARTS) is 1. The molecule has 88 valence electrons. The maximum atomic E-state index is 10.9. The van der Waals surface area contributed by atoms with Crippen molar-refractivity contribution in [1.29, 1.82) is 0 Å². The van der Waals surface area contributed by atoms with Gasteiger partial charge in [0.2, 0.25) is 0 Å². The predicted octanol–water partition coefficient (Wildman–Crippen LogP) is 1.72. The van der Waals surface area contributed by atoms with Crippen LogP contribution in [0.25, 0.3) is 22.3 Å². The highest BCUT2D eigenvalue weighted by Crippen LogP contribution is 2.19. The van der Waals surface area contributed by atoms with Gasteiger partial charge >= 0.3 is 5.97 Å². The van der Waals surface area contributed by atoms with E-state index in [9.17, 15) is 4.79 Å². The molecule has 0 atom stereocenters. The van der Waals surface area contributed by atoms with Crippen molar-refractivity contribution in [3.05, 3.63) is 42.4 Å². The van der Waals surface area contributed by atoms with Crippen molar-refractivity contribution in [1.82, 2.24) is 20.2 Å². The molecule has 0 aliphatic carbocycles. The summed E-state index contributed by atoms with van der Waals surface area (Å²) in [6.07, 6.45) is 4.80. The molecule has 0 unspecified atom stereocenters. The smallest absolute Gasteiger partial charge is 0.335 e. The van der Waals surface area contributed by atoms with Crippen molar-refractivity contribution in [3.8, 4) is 11.4 Å². The summed E-state index contributed by atoms with van der Waals surface area (Å²) < 4.78 is 0. The molecule has 0 aliphatic rings. The lowest BCUT2D eigenvalue weighted by atomic mass is 10.1. The average molecular weight is 240 g/mol. The lowest BCUT2D eigenvalue weighted by Gasteiger charge is -2.01. The van der Waals surface area contributed by atoms with E-state index in [1.807, 2.05) is 0 Å². The molecule has 0 spiro atoms. The molecule has 0 radical (unpaired) electrons. The number of nitrogens with one attached hydrogen (secondary N) is 1. The number of H-pyrrole nitrogens is 1. The topological polar surface area (TPSA) is 91.8 Å². The third-order valence-corrected chi connectivity index (χ3v) is 2.59. The first-order valence-corrected chi connectivity index (χ1v) is 5.23. The van der Waals surface area contributed by atoms with Crippen LogP contribution in [0.5, 0.6) is 0 Å². The van der Waals surface area contributed by atoms with E-state index >= 15 is 0 Å². The minimum atomic E-state index is -0.985. The number of aromatic carboxylic acids is 1. The molecule has 0 aliphatic heterocycles. The fourth-order valence-electron chi connectivity index (χ4n) is 1.68. The van der Waals surface area contributed by atoms with E-state index in [1.54, 1.807) is 18.5 Å². The molecule has 0 fully saturated rings. The van der Waals surface area contributed by atoms with Crippen molar-refractivity contribution in [2.24, 2.45) is 0 Å². The molecule has 0 bridgehead atoms. The first-order valence-electron chi connectivity index (χ1n) is 5.23. The molecular formula is C12H8N4O2. The molecule has 3 heterocycles. The number of hydrogen-bond donors (Lipinski definition) is 2. The van der Waals surface area contributed by atoms with E-state index in [2.05, 4.69) is 20.2 Å². The molecule has 6 heteroatoms. The highest BCUT2D eigenvalue weighted by atomic mass is 16.4. The Morgan fingerprint density at radius 3 is 2.83 bits per heavy atom. The van der Waals surface area contributed by atoms with E-state index in [0.29, 0.717) is 11.4 Å². The molecule has 0 saturated heterocycles. The molecule has 3 rings (SSSR count). The number of carbonyl (C=O) groups is 1. The Hall–Kier alpha value is -2.76. The summed E-state index contributed by atoms with van der Waals surface area (Å²) in [5, 5.41) is 16.6. The van der Waals surface area contributed by atoms with Gasteiger partial charge in [0.15, 0.2) is 0 Å². The second-order valence-corrected chi connectivity index (χ2v) is 3.76. The second kappa shape index (κ2) is 3.92. The van der Waals surface area contributed by atoms with Crippen molar-refractivity contribution in [2.75, 3.05) is 0 Å². The summed E-state index contributed by atoms with van der Waals surface area (Å²) in [4.78, 5) is 19.2. The summed E-state index contributed by atoms with van der Waals surface area (Å²) in [7, 11) is 0. The molecule has 0 saturated carbocycles. The molecule has 0 amide bonds. The van der Waals surface area contributed by atoms with Crippen LogP contribution in [0.2, 0.25) is 0 Å². The van der Waals surface area contributed by atoms with Crippen molar-refractivity contribution >= 4 is 16.9 Å². The van der Waals surface area contributed by atoms with E-state index in [0.717, 1.165) is 10.9 Å². The summed E-state index contributed by atoms with van der Waals surface area (Å²) in [6, 6.07) is 4.73. The van der Waals surface area contributed by atoms with Crippen LogP contribution in [0, 0.1) is 0 Å². The Bertz CT molecular complexity index is 736. The average Bonchev–Trinajstić information content (AvgIpc) is 2.86. The SMILES string of the molecule is O=C(O)c1ccnc(-c2cc3[nH]ncc3cn2)c1. The largest absolute Gasteiger partial charge is 0.478 e. The van der Waals surface area contributed by atoms with Crippen LogP contribution in [0.3, 0.4) is 0 Å². The first kappa shape index (κ1) is 10.4.